The zero-order valence-corrected chi connectivity index (χ0v) is 71.3. The predicted molar refractivity (Wildman–Crippen MR) is 478 cm³/mol. The van der Waals surface area contributed by atoms with Crippen molar-refractivity contribution >= 4 is 157 Å². The first-order valence-corrected chi connectivity index (χ1v) is 42.5. The van der Waals surface area contributed by atoms with Crippen molar-refractivity contribution in [1.29, 1.82) is 0 Å². The van der Waals surface area contributed by atoms with E-state index in [1.165, 1.54) is 25.0 Å². The van der Waals surface area contributed by atoms with E-state index in [-0.39, 0.29) is 40.5 Å². The first-order valence-electron chi connectivity index (χ1n) is 42.5. The fraction of sp³-hybridized carbons (Fsp3) is 0.355. The Morgan fingerprint density at radius 3 is 1.05 bits per heavy atom. The van der Waals surface area contributed by atoms with E-state index >= 15 is 0 Å². The lowest BCUT2D eigenvalue weighted by molar-refractivity contribution is 0.0948. The molecule has 0 spiro atoms. The van der Waals surface area contributed by atoms with Crippen molar-refractivity contribution in [3.05, 3.63) is 191 Å². The van der Waals surface area contributed by atoms with Crippen molar-refractivity contribution < 1.29 is 41.1 Å². The highest BCUT2D eigenvalue weighted by atomic mass is 19.2. The van der Waals surface area contributed by atoms with Gasteiger partial charge in [0.15, 0.2) is 45.9 Å². The number of nitrogens with one attached hydrogen (secondary N) is 4. The number of pyridine rings is 8. The van der Waals surface area contributed by atoms with Gasteiger partial charge in [0.25, 0.3) is 23.6 Å². The summed E-state index contributed by atoms with van der Waals surface area (Å²) < 4.78 is 77.4. The molecule has 26 nitrogen and oxygen atoms in total. The number of hydrogen-bond donors (Lipinski definition) is 4. The second kappa shape index (κ2) is 34.4. The van der Waals surface area contributed by atoms with Crippen molar-refractivity contribution in [3.63, 3.8) is 0 Å². The highest BCUT2D eigenvalue weighted by Gasteiger charge is 2.32. The quantitative estimate of drug-likeness (QED) is 0.0928. The van der Waals surface area contributed by atoms with Gasteiger partial charge in [-0.15, -0.1) is 0 Å². The summed E-state index contributed by atoms with van der Waals surface area (Å²) >= 11 is 0. The van der Waals surface area contributed by atoms with Crippen LogP contribution < -0.4 is 40.9 Å². The minimum atomic E-state index is -0.980. The monoisotopic (exact) mass is 1680 g/mol. The maximum absolute atomic E-state index is 14.2. The van der Waals surface area contributed by atoms with E-state index in [1.807, 2.05) is 66.9 Å². The molecule has 0 saturated carbocycles. The molecule has 31 heteroatoms. The molecule has 4 aliphatic rings. The van der Waals surface area contributed by atoms with Crippen LogP contribution in [-0.4, -0.2) is 211 Å². The molecule has 4 fully saturated rings. The number of halogens is 5. The van der Waals surface area contributed by atoms with Crippen molar-refractivity contribution in [3.8, 4) is 0 Å². The summed E-state index contributed by atoms with van der Waals surface area (Å²) in [6.07, 6.45) is 11.6. The topological polar surface area (TPSA) is 257 Å². The summed E-state index contributed by atoms with van der Waals surface area (Å²) in [7, 11) is 7.53. The smallest absolute Gasteiger partial charge is 0.255 e. The maximum Gasteiger partial charge on any atom is 0.255 e. The summed E-state index contributed by atoms with van der Waals surface area (Å²) in [6, 6.07) is 30.4. The van der Waals surface area contributed by atoms with E-state index in [9.17, 15) is 41.1 Å². The Bertz CT molecular complexity index is 6910. The Kier molecular flexibility index (Phi) is 23.1. The summed E-state index contributed by atoms with van der Waals surface area (Å²) in [6.45, 7) is 27.1. The number of nitrogens with zero attached hydrogens (tertiary/aromatic N) is 18. The third kappa shape index (κ3) is 15.6. The molecule has 124 heavy (non-hydrogen) atoms. The first-order chi connectivity index (χ1) is 59.9. The van der Waals surface area contributed by atoms with Crippen molar-refractivity contribution in [2.45, 2.75) is 74.1 Å². The fourth-order valence-electron chi connectivity index (χ4n) is 18.7. The molecule has 4 N–H and O–H groups in total. The van der Waals surface area contributed by atoms with Crippen molar-refractivity contribution in [2.24, 2.45) is 23.7 Å². The van der Waals surface area contributed by atoms with Gasteiger partial charge in [-0.2, -0.15) is 0 Å². The van der Waals surface area contributed by atoms with Gasteiger partial charge in [-0.1, -0.05) is 33.8 Å². The van der Waals surface area contributed by atoms with E-state index in [2.05, 4.69) is 141 Å². The van der Waals surface area contributed by atoms with E-state index in [1.54, 1.807) is 64.1 Å². The fourth-order valence-corrected chi connectivity index (χ4v) is 18.7. The number of likely N-dealkylation sites (N-methyl/N-ethyl adjacent to an activating group) is 2. The Morgan fingerprint density at radius 1 is 0.363 bits per heavy atom. The molecule has 4 aliphatic heterocycles. The Morgan fingerprint density at radius 2 is 0.685 bits per heavy atom. The average Bonchev–Trinajstić information content (AvgIpc) is 1.58. The number of rotatable bonds is 10. The van der Waals surface area contributed by atoms with E-state index in [4.69, 9.17) is 9.97 Å². The standard InChI is InChI=1S/C24H25F2N5O.C23H24F2N6O.C23H24FN5O.C23H26N6O/c1-4-27-24(32)16-8-15-20(30-11-13(2)7-14(3)12-30)5-6-28-22(15)31-21-10-18(26)17(25)9-19(21)29-23(16)31;1-3-26-23(32)15-11-14-19(30-8-4-7-29(2)9-10-30)5-6-27-21(14)31-20-13-17(25)16(24)12-18(20)28-22(15)31;1-13-8-14(2)12-28(11-13)19-6-7-26-21-16(19)10-17(23(30)25-3)22-27-18-5-4-15(24)9-20(18)29(21)22;1-15-5-6-18-20(13-15)29-21-16(14-17(22(29)26-18)23(30)24-2)19(7-8-25-21)28-10-4-9-27(3)11-12-28/h5-6,8-10,13-14H,4,7,11-12H2,1-3H3,(H,27,32);5-6,11-13H,3-4,7-10H2,1-2H3,(H,26,32);4-7,9-10,13-14H,8,11-12H2,1-3H3,(H,25,30);5-8,13-14H,4,9-12H2,1-3H3,(H,24,30)/t13-,14+;;13-,14+;. The van der Waals surface area contributed by atoms with Crippen molar-refractivity contribution in [1.82, 2.24) is 88.5 Å². The van der Waals surface area contributed by atoms with Crippen LogP contribution in [0.25, 0.3) is 111 Å². The Hall–Kier alpha value is -13.0. The number of carbonyl (C=O) groups excluding carboxylic acids is 4. The van der Waals surface area contributed by atoms with Crippen LogP contribution in [0.5, 0.6) is 0 Å². The number of aryl methyl sites for hydroxylation is 1. The van der Waals surface area contributed by atoms with Gasteiger partial charge in [0.2, 0.25) is 0 Å². The van der Waals surface area contributed by atoms with E-state index in [0.29, 0.717) is 121 Å². The second-order valence-electron chi connectivity index (χ2n) is 33.6. The molecule has 4 aromatic carbocycles. The lowest BCUT2D eigenvalue weighted by Gasteiger charge is -2.37. The maximum atomic E-state index is 14.2. The number of imidazole rings is 4. The van der Waals surface area contributed by atoms with E-state index < -0.39 is 23.3 Å². The third-order valence-corrected chi connectivity index (χ3v) is 24.2. The first kappa shape index (κ1) is 83.2. The Balaban J connectivity index is 0.000000117. The summed E-state index contributed by atoms with van der Waals surface area (Å²) in [5.74, 6) is -2.93. The number of carbonyl (C=O) groups is 4. The van der Waals surface area contributed by atoms with Crippen LogP contribution in [0.1, 0.15) is 114 Å². The van der Waals surface area contributed by atoms with Gasteiger partial charge in [0.1, 0.15) is 28.4 Å². The minimum absolute atomic E-state index is 0.140. The zero-order chi connectivity index (χ0) is 86.8. The molecule has 12 aromatic heterocycles. The second-order valence-corrected chi connectivity index (χ2v) is 33.6. The van der Waals surface area contributed by atoms with Gasteiger partial charge in [0, 0.05) is 192 Å². The molecular formula is C93H99F5N22O4. The minimum Gasteiger partial charge on any atom is -0.370 e. The number of hydrogen-bond acceptors (Lipinski definition) is 18. The molecule has 0 radical (unpaired) electrons. The molecule has 0 aliphatic carbocycles. The highest BCUT2D eigenvalue weighted by molar-refractivity contribution is 6.12. The summed E-state index contributed by atoms with van der Waals surface area (Å²) in [5, 5.41) is 14.5. The molecular weight excluding hydrogens is 1580 g/mol. The van der Waals surface area contributed by atoms with Crippen LogP contribution in [0, 0.1) is 59.7 Å². The molecule has 16 heterocycles. The van der Waals surface area contributed by atoms with Crippen molar-refractivity contribution in [2.75, 3.05) is 139 Å². The van der Waals surface area contributed by atoms with Crippen LogP contribution in [0.4, 0.5) is 44.7 Å². The van der Waals surface area contributed by atoms with Gasteiger partial charge >= 0.3 is 0 Å². The number of piperidine rings is 2. The predicted octanol–water partition coefficient (Wildman–Crippen LogP) is 14.6. The van der Waals surface area contributed by atoms with Crippen LogP contribution in [0.2, 0.25) is 0 Å². The number of aromatic nitrogens is 12. The summed E-state index contributed by atoms with van der Waals surface area (Å²) in [4.78, 5) is 102. The lowest BCUT2D eigenvalue weighted by atomic mass is 9.91. The molecule has 640 valence electrons. The van der Waals surface area contributed by atoms with Crippen LogP contribution in [0.3, 0.4) is 0 Å². The van der Waals surface area contributed by atoms with Gasteiger partial charge in [-0.3, -0.25) is 36.8 Å². The number of fused-ring (bicyclic) bond motifs is 20. The number of anilines is 4. The van der Waals surface area contributed by atoms with Gasteiger partial charge in [-0.25, -0.2) is 61.8 Å². The van der Waals surface area contributed by atoms with Gasteiger partial charge in [-0.05, 0) is 176 Å². The molecule has 4 amide bonds. The molecule has 0 unspecified atom stereocenters. The molecule has 4 saturated heterocycles. The normalized spacial score (nSPS) is 17.5. The van der Waals surface area contributed by atoms with E-state index in [0.717, 1.165) is 182 Å². The van der Waals surface area contributed by atoms with Crippen LogP contribution in [0.15, 0.2) is 134 Å². The van der Waals surface area contributed by atoms with Gasteiger partial charge < -0.3 is 50.7 Å². The lowest BCUT2D eigenvalue weighted by Crippen LogP contribution is -2.38. The summed E-state index contributed by atoms with van der Waals surface area (Å²) in [5.41, 5.74) is 15.7. The van der Waals surface area contributed by atoms with Gasteiger partial charge in [0.05, 0.1) is 66.4 Å². The molecule has 0 bridgehead atoms. The third-order valence-electron chi connectivity index (χ3n) is 24.2. The van der Waals surface area contributed by atoms with Crippen LogP contribution >= 0.6 is 0 Å². The molecule has 4 atom stereocenters. The zero-order valence-electron chi connectivity index (χ0n) is 71.3. The highest BCUT2D eigenvalue weighted by Crippen LogP contribution is 2.40. The Labute approximate surface area is 711 Å². The molecule has 20 rings (SSSR count). The average molecular weight is 1680 g/mol. The largest absolute Gasteiger partial charge is 0.370 e. The SMILES string of the molecule is CCNC(=O)c1cc2c(N3CCCN(C)CC3)ccnc2n2c1nc1cc(F)c(F)cc12.CCNC(=O)c1cc2c(N3C[C@H](C)C[C@H](C)C3)ccnc2n2c1nc1cc(F)c(F)cc12.CNC(=O)c1cc2c(N3CCCN(C)CC3)ccnc2n2c1nc1ccc(C)cc12.CNC(=O)c1cc2c(N3C[C@H](C)C[C@H](C)C3)ccnc2n2c1nc1ccc(F)cc12. The molecule has 16 aromatic rings. The number of benzene rings is 4. The number of amides is 4. The van der Waals surface area contributed by atoms with Crippen LogP contribution in [-0.2, 0) is 0 Å².